The maximum Gasteiger partial charge on any atom is 0.334 e. The summed E-state index contributed by atoms with van der Waals surface area (Å²) in [6, 6.07) is 0. The van der Waals surface area contributed by atoms with E-state index in [1.165, 1.54) is 7.11 Å². The molecule has 3 heterocycles. The Kier molecular flexibility index (Phi) is 4.99. The summed E-state index contributed by atoms with van der Waals surface area (Å²) in [7, 11) is 1.51. The number of hydrogen-bond donors (Lipinski definition) is 1. The van der Waals surface area contributed by atoms with Crippen molar-refractivity contribution in [1.29, 1.82) is 0 Å². The Bertz CT molecular complexity index is 696. The molecule has 0 aliphatic carbocycles. The standard InChI is InChI=1S/C20H28O7/c1-10(2)17(22)26-14-8-19(5)15(21)9-20(24-6,27-19)11(3)7-13-16(14)12(4)18(23)25-13/h7,10,13-16,21H,4,8-9H2,1-3,5-6H3/t13-,14-,15+,16+,19+,20+/m1/s1. The van der Waals surface area contributed by atoms with Crippen LogP contribution in [0.25, 0.3) is 0 Å². The quantitative estimate of drug-likeness (QED) is 0.454. The van der Waals surface area contributed by atoms with Crippen LogP contribution in [0.3, 0.4) is 0 Å². The molecule has 0 unspecified atom stereocenters. The summed E-state index contributed by atoms with van der Waals surface area (Å²) in [4.78, 5) is 24.5. The number of aliphatic hydroxyl groups excluding tert-OH is 1. The Labute approximate surface area is 159 Å². The summed E-state index contributed by atoms with van der Waals surface area (Å²) in [6.45, 7) is 10.9. The fraction of sp³-hybridized carbons (Fsp3) is 0.700. The molecule has 7 heteroatoms. The lowest BCUT2D eigenvalue weighted by atomic mass is 9.80. The Hall–Kier alpha value is -1.70. The first kappa shape index (κ1) is 20.0. The lowest BCUT2D eigenvalue weighted by Gasteiger charge is -2.35. The number of rotatable bonds is 3. The van der Waals surface area contributed by atoms with Crippen molar-refractivity contribution in [2.75, 3.05) is 7.11 Å². The van der Waals surface area contributed by atoms with E-state index in [1.54, 1.807) is 26.8 Å². The minimum Gasteiger partial charge on any atom is -0.461 e. The third kappa shape index (κ3) is 3.22. The largest absolute Gasteiger partial charge is 0.461 e. The van der Waals surface area contributed by atoms with Crippen LogP contribution >= 0.6 is 0 Å². The number of ether oxygens (including phenoxy) is 4. The van der Waals surface area contributed by atoms with Crippen LogP contribution < -0.4 is 0 Å². The smallest absolute Gasteiger partial charge is 0.334 e. The van der Waals surface area contributed by atoms with Crippen LogP contribution in [0.15, 0.2) is 23.8 Å². The Balaban J connectivity index is 2.08. The molecule has 0 spiro atoms. The third-order valence-corrected chi connectivity index (χ3v) is 5.92. The van der Waals surface area contributed by atoms with Crippen molar-refractivity contribution in [2.45, 2.75) is 70.2 Å². The van der Waals surface area contributed by atoms with Crippen molar-refractivity contribution in [3.05, 3.63) is 23.8 Å². The van der Waals surface area contributed by atoms with E-state index in [9.17, 15) is 14.7 Å². The van der Waals surface area contributed by atoms with Crippen LogP contribution in [-0.4, -0.2) is 53.9 Å². The molecule has 7 nitrogen and oxygen atoms in total. The molecule has 3 aliphatic rings. The topological polar surface area (TPSA) is 91.3 Å². The van der Waals surface area contributed by atoms with E-state index >= 15 is 0 Å². The van der Waals surface area contributed by atoms with Crippen LogP contribution in [0.1, 0.15) is 40.5 Å². The first-order valence-corrected chi connectivity index (χ1v) is 9.25. The van der Waals surface area contributed by atoms with Gasteiger partial charge in [-0.2, -0.15) is 0 Å². The Morgan fingerprint density at radius 2 is 2.07 bits per heavy atom. The van der Waals surface area contributed by atoms with Crippen molar-refractivity contribution < 1.29 is 33.6 Å². The van der Waals surface area contributed by atoms with Gasteiger partial charge in [-0.1, -0.05) is 20.4 Å². The zero-order valence-corrected chi connectivity index (χ0v) is 16.5. The van der Waals surface area contributed by atoms with Gasteiger partial charge in [-0.3, -0.25) is 4.79 Å². The lowest BCUT2D eigenvalue weighted by molar-refractivity contribution is -0.223. The van der Waals surface area contributed by atoms with Gasteiger partial charge in [0.1, 0.15) is 12.2 Å². The molecule has 0 amide bonds. The fourth-order valence-electron chi connectivity index (χ4n) is 4.14. The highest BCUT2D eigenvalue weighted by atomic mass is 16.7. The van der Waals surface area contributed by atoms with Gasteiger partial charge in [-0.15, -0.1) is 0 Å². The van der Waals surface area contributed by atoms with Gasteiger partial charge < -0.3 is 24.1 Å². The normalized spacial score (nSPS) is 41.4. The van der Waals surface area contributed by atoms with Gasteiger partial charge in [0.05, 0.1) is 23.5 Å². The van der Waals surface area contributed by atoms with Gasteiger partial charge in [-0.05, 0) is 25.5 Å². The van der Waals surface area contributed by atoms with E-state index in [4.69, 9.17) is 18.9 Å². The molecule has 0 saturated carbocycles. The van der Waals surface area contributed by atoms with E-state index in [2.05, 4.69) is 6.58 Å². The molecule has 2 fully saturated rings. The number of carbonyl (C=O) groups excluding carboxylic acids is 2. The van der Waals surface area contributed by atoms with Crippen LogP contribution in [0.4, 0.5) is 0 Å². The minimum atomic E-state index is -1.12. The Morgan fingerprint density at radius 1 is 1.41 bits per heavy atom. The number of carbonyl (C=O) groups is 2. The maximum atomic E-state index is 12.3. The molecule has 3 rings (SSSR count). The number of fused-ring (bicyclic) bond motifs is 3. The van der Waals surface area contributed by atoms with Crippen LogP contribution in [0.2, 0.25) is 0 Å². The van der Waals surface area contributed by atoms with Gasteiger partial charge >= 0.3 is 11.9 Å². The lowest BCUT2D eigenvalue weighted by Crippen LogP contribution is -2.45. The molecular weight excluding hydrogens is 352 g/mol. The fourth-order valence-corrected chi connectivity index (χ4v) is 4.14. The first-order chi connectivity index (χ1) is 12.5. The molecule has 3 aliphatic heterocycles. The van der Waals surface area contributed by atoms with Gasteiger partial charge in [0.15, 0.2) is 5.79 Å². The predicted molar refractivity (Wildman–Crippen MR) is 95.5 cm³/mol. The summed E-state index contributed by atoms with van der Waals surface area (Å²) >= 11 is 0. The molecule has 0 radical (unpaired) electrons. The van der Waals surface area contributed by atoms with Crippen molar-refractivity contribution >= 4 is 11.9 Å². The van der Waals surface area contributed by atoms with Crippen molar-refractivity contribution in [3.63, 3.8) is 0 Å². The average Bonchev–Trinajstić information content (AvgIpc) is 3.01. The van der Waals surface area contributed by atoms with E-state index in [0.717, 1.165) is 0 Å². The van der Waals surface area contributed by atoms with Gasteiger partial charge in [0, 0.05) is 25.5 Å². The second-order valence-electron chi connectivity index (χ2n) is 8.20. The SMILES string of the molecule is C=C1C(=O)O[C@@H]2C=C(C)[C@]3(OC)C[C@H](O)[C@](C)(C[C@@H](OC(=O)C(C)C)[C@@H]12)O3. The number of aliphatic hydroxyl groups is 1. The highest BCUT2D eigenvalue weighted by Crippen LogP contribution is 2.49. The molecule has 27 heavy (non-hydrogen) atoms. The summed E-state index contributed by atoms with van der Waals surface area (Å²) in [5, 5.41) is 10.7. The van der Waals surface area contributed by atoms with Crippen molar-refractivity contribution in [1.82, 2.24) is 0 Å². The second-order valence-corrected chi connectivity index (χ2v) is 8.20. The molecular formula is C20H28O7. The first-order valence-electron chi connectivity index (χ1n) is 9.25. The molecule has 2 bridgehead atoms. The van der Waals surface area contributed by atoms with Crippen LogP contribution in [-0.2, 0) is 28.5 Å². The van der Waals surface area contributed by atoms with E-state index < -0.39 is 41.6 Å². The van der Waals surface area contributed by atoms with E-state index in [0.29, 0.717) is 5.57 Å². The van der Waals surface area contributed by atoms with Gasteiger partial charge in [0.25, 0.3) is 0 Å². The average molecular weight is 380 g/mol. The van der Waals surface area contributed by atoms with Gasteiger partial charge in [-0.25, -0.2) is 4.79 Å². The highest BCUT2D eigenvalue weighted by Gasteiger charge is 2.59. The zero-order chi connectivity index (χ0) is 20.1. The maximum absolute atomic E-state index is 12.3. The summed E-state index contributed by atoms with van der Waals surface area (Å²) in [5.74, 6) is -2.90. The number of hydrogen-bond acceptors (Lipinski definition) is 7. The van der Waals surface area contributed by atoms with E-state index in [-0.39, 0.29) is 30.3 Å². The molecule has 150 valence electrons. The molecule has 0 aromatic heterocycles. The van der Waals surface area contributed by atoms with Gasteiger partial charge in [0.2, 0.25) is 0 Å². The summed E-state index contributed by atoms with van der Waals surface area (Å²) in [5.41, 5.74) is -0.0672. The zero-order valence-electron chi connectivity index (χ0n) is 16.5. The number of methoxy groups -OCH3 is 1. The van der Waals surface area contributed by atoms with E-state index in [1.807, 2.05) is 6.92 Å². The molecule has 6 atom stereocenters. The highest BCUT2D eigenvalue weighted by molar-refractivity contribution is 5.91. The molecule has 2 saturated heterocycles. The number of esters is 2. The predicted octanol–water partition coefficient (Wildman–Crippen LogP) is 1.88. The Morgan fingerprint density at radius 3 is 2.67 bits per heavy atom. The second kappa shape index (κ2) is 6.72. The summed E-state index contributed by atoms with van der Waals surface area (Å²) in [6.07, 6.45) is -0.00721. The third-order valence-electron chi connectivity index (χ3n) is 5.92. The summed E-state index contributed by atoms with van der Waals surface area (Å²) < 4.78 is 23.1. The van der Waals surface area contributed by atoms with Crippen molar-refractivity contribution in [3.8, 4) is 0 Å². The monoisotopic (exact) mass is 380 g/mol. The minimum absolute atomic E-state index is 0.190. The molecule has 0 aromatic carbocycles. The molecule has 0 aromatic rings. The molecule has 1 N–H and O–H groups in total. The van der Waals surface area contributed by atoms with Crippen molar-refractivity contribution in [2.24, 2.45) is 11.8 Å². The van der Waals surface area contributed by atoms with Crippen LogP contribution in [0.5, 0.6) is 0 Å². The van der Waals surface area contributed by atoms with Crippen LogP contribution in [0, 0.1) is 11.8 Å².